The summed E-state index contributed by atoms with van der Waals surface area (Å²) in [4.78, 5) is 0. The van der Waals surface area contributed by atoms with Crippen molar-refractivity contribution in [3.05, 3.63) is 59.7 Å². The maximum absolute atomic E-state index is 2.30. The lowest BCUT2D eigenvalue weighted by Gasteiger charge is -2.39. The minimum Gasteiger partial charge on any atom is -0.0874 e. The molecule has 0 heteroatoms. The van der Waals surface area contributed by atoms with Crippen molar-refractivity contribution < 1.29 is 0 Å². The van der Waals surface area contributed by atoms with Crippen molar-refractivity contribution in [1.29, 1.82) is 0 Å². The fourth-order valence-electron chi connectivity index (χ4n) is 3.37. The topological polar surface area (TPSA) is 0 Å². The average Bonchev–Trinajstić information content (AvgIpc) is 2.46. The lowest BCUT2D eigenvalue weighted by Crippen LogP contribution is -2.30. The third-order valence-electron chi connectivity index (χ3n) is 4.24. The third-order valence-corrected chi connectivity index (χ3v) is 4.24. The molecule has 96 valence electrons. The van der Waals surface area contributed by atoms with Gasteiger partial charge in [0.15, 0.2) is 0 Å². The summed E-state index contributed by atoms with van der Waals surface area (Å²) in [5, 5.41) is 0. The lowest BCUT2D eigenvalue weighted by molar-refractivity contribution is 0.345. The van der Waals surface area contributed by atoms with Gasteiger partial charge >= 0.3 is 0 Å². The van der Waals surface area contributed by atoms with E-state index in [-0.39, 0.29) is 5.41 Å². The molecule has 0 atom stereocenters. The molecule has 0 amide bonds. The van der Waals surface area contributed by atoms with Crippen LogP contribution in [0, 0.1) is 0 Å². The van der Waals surface area contributed by atoms with E-state index in [2.05, 4.69) is 62.4 Å². The van der Waals surface area contributed by atoms with Crippen LogP contribution in [-0.4, -0.2) is 0 Å². The Hall–Kier alpha value is -1.30. The van der Waals surface area contributed by atoms with Crippen molar-refractivity contribution in [2.45, 2.75) is 51.4 Å². The number of allylic oxidation sites excluding steroid dienone is 4. The molecule has 0 N–H and O–H groups in total. The second-order valence-electron chi connectivity index (χ2n) is 5.25. The van der Waals surface area contributed by atoms with E-state index in [4.69, 9.17) is 0 Å². The summed E-state index contributed by atoms with van der Waals surface area (Å²) in [6, 6.07) is 11.1. The maximum atomic E-state index is 2.30. The summed E-state index contributed by atoms with van der Waals surface area (Å²) in [5.41, 5.74) is 3.26. The van der Waals surface area contributed by atoms with Gasteiger partial charge in [-0.3, -0.25) is 0 Å². The summed E-state index contributed by atoms with van der Waals surface area (Å²) in [7, 11) is 0. The second-order valence-corrected chi connectivity index (χ2v) is 5.25. The lowest BCUT2D eigenvalue weighted by atomic mass is 9.64. The first-order chi connectivity index (χ1) is 8.83. The molecule has 1 aromatic carbocycles. The molecule has 18 heavy (non-hydrogen) atoms. The Morgan fingerprint density at radius 2 is 1.67 bits per heavy atom. The number of hydrogen-bond donors (Lipinski definition) is 0. The summed E-state index contributed by atoms with van der Waals surface area (Å²) in [5.74, 6) is 0. The van der Waals surface area contributed by atoms with Crippen LogP contribution in [0.25, 0.3) is 0 Å². The second kappa shape index (κ2) is 6.04. The molecular weight excluding hydrogens is 216 g/mol. The highest BCUT2D eigenvalue weighted by Gasteiger charge is 2.35. The zero-order chi connectivity index (χ0) is 12.8. The molecule has 0 aromatic heterocycles. The first kappa shape index (κ1) is 13.1. The maximum Gasteiger partial charge on any atom is 0.0199 e. The van der Waals surface area contributed by atoms with E-state index >= 15 is 0 Å². The quantitative estimate of drug-likeness (QED) is 0.620. The van der Waals surface area contributed by atoms with Crippen LogP contribution in [0.4, 0.5) is 0 Å². The van der Waals surface area contributed by atoms with Crippen LogP contribution in [0.1, 0.15) is 51.5 Å². The predicted octanol–water partition coefficient (Wildman–Crippen LogP) is 5.41. The van der Waals surface area contributed by atoms with Crippen LogP contribution in [0.2, 0.25) is 0 Å². The molecule has 1 saturated carbocycles. The molecule has 2 rings (SSSR count). The van der Waals surface area contributed by atoms with Gasteiger partial charge in [0.2, 0.25) is 0 Å². The van der Waals surface area contributed by atoms with E-state index in [0.29, 0.717) is 0 Å². The summed E-state index contributed by atoms with van der Waals surface area (Å²) in [6.45, 7) is 4.29. The first-order valence-corrected chi connectivity index (χ1v) is 7.18. The van der Waals surface area contributed by atoms with Gasteiger partial charge < -0.3 is 0 Å². The summed E-state index contributed by atoms with van der Waals surface area (Å²) >= 11 is 0. The minimum atomic E-state index is 0.265. The SMILES string of the molecule is C/C=C\C(=C/C)C1(c2ccccc2)CCCCC1. The van der Waals surface area contributed by atoms with Crippen LogP contribution in [-0.2, 0) is 5.41 Å². The highest BCUT2D eigenvalue weighted by atomic mass is 14.4. The van der Waals surface area contributed by atoms with Gasteiger partial charge in [0.05, 0.1) is 0 Å². The van der Waals surface area contributed by atoms with E-state index in [9.17, 15) is 0 Å². The molecular formula is C18H24. The van der Waals surface area contributed by atoms with Gasteiger partial charge in [-0.1, -0.05) is 67.8 Å². The molecule has 0 bridgehead atoms. The Balaban J connectivity index is 2.46. The van der Waals surface area contributed by atoms with Gasteiger partial charge in [0, 0.05) is 5.41 Å². The van der Waals surface area contributed by atoms with E-state index in [1.807, 2.05) is 0 Å². The standard InChI is InChI=1S/C18H24/c1-3-11-16(4-2)18(14-9-6-10-15-18)17-12-7-5-8-13-17/h3-5,7-8,11-13H,6,9-10,14-15H2,1-2H3/b11-3-,16-4+. The Morgan fingerprint density at radius 3 is 2.22 bits per heavy atom. The van der Waals surface area contributed by atoms with Crippen LogP contribution >= 0.6 is 0 Å². The van der Waals surface area contributed by atoms with E-state index in [1.165, 1.54) is 43.2 Å². The molecule has 0 heterocycles. The average molecular weight is 240 g/mol. The normalized spacial score (nSPS) is 20.2. The number of hydrogen-bond acceptors (Lipinski definition) is 0. The molecule has 1 aliphatic carbocycles. The first-order valence-electron chi connectivity index (χ1n) is 7.18. The molecule has 0 spiro atoms. The van der Waals surface area contributed by atoms with Crippen LogP contribution < -0.4 is 0 Å². The van der Waals surface area contributed by atoms with E-state index < -0.39 is 0 Å². The Morgan fingerprint density at radius 1 is 1.00 bits per heavy atom. The van der Waals surface area contributed by atoms with Crippen molar-refractivity contribution >= 4 is 0 Å². The van der Waals surface area contributed by atoms with Crippen molar-refractivity contribution in [2.24, 2.45) is 0 Å². The fourth-order valence-corrected chi connectivity index (χ4v) is 3.37. The van der Waals surface area contributed by atoms with Crippen LogP contribution in [0.15, 0.2) is 54.1 Å². The van der Waals surface area contributed by atoms with E-state index in [1.54, 1.807) is 0 Å². The van der Waals surface area contributed by atoms with Gasteiger partial charge in [0.1, 0.15) is 0 Å². The predicted molar refractivity (Wildman–Crippen MR) is 79.8 cm³/mol. The van der Waals surface area contributed by atoms with Gasteiger partial charge in [-0.05, 0) is 37.8 Å². The molecule has 0 nitrogen and oxygen atoms in total. The zero-order valence-corrected chi connectivity index (χ0v) is 11.7. The van der Waals surface area contributed by atoms with E-state index in [0.717, 1.165) is 0 Å². The van der Waals surface area contributed by atoms with Crippen molar-refractivity contribution in [1.82, 2.24) is 0 Å². The molecule has 0 radical (unpaired) electrons. The molecule has 1 fully saturated rings. The largest absolute Gasteiger partial charge is 0.0874 e. The third kappa shape index (κ3) is 2.43. The highest BCUT2D eigenvalue weighted by Crippen LogP contribution is 2.45. The van der Waals surface area contributed by atoms with Gasteiger partial charge in [-0.2, -0.15) is 0 Å². The number of rotatable bonds is 3. The molecule has 0 saturated heterocycles. The monoisotopic (exact) mass is 240 g/mol. The highest BCUT2D eigenvalue weighted by molar-refractivity contribution is 5.42. The van der Waals surface area contributed by atoms with Crippen molar-refractivity contribution in [3.8, 4) is 0 Å². The smallest absolute Gasteiger partial charge is 0.0199 e. The van der Waals surface area contributed by atoms with Crippen LogP contribution in [0.3, 0.4) is 0 Å². The van der Waals surface area contributed by atoms with Gasteiger partial charge in [-0.25, -0.2) is 0 Å². The Kier molecular flexibility index (Phi) is 4.41. The summed E-state index contributed by atoms with van der Waals surface area (Å²) in [6.07, 6.45) is 13.5. The number of benzene rings is 1. The van der Waals surface area contributed by atoms with Gasteiger partial charge in [-0.15, -0.1) is 0 Å². The minimum absolute atomic E-state index is 0.265. The van der Waals surface area contributed by atoms with Crippen molar-refractivity contribution in [2.75, 3.05) is 0 Å². The fraction of sp³-hybridized carbons (Fsp3) is 0.444. The van der Waals surface area contributed by atoms with Gasteiger partial charge in [0.25, 0.3) is 0 Å². The Labute approximate surface area is 111 Å². The molecule has 0 aliphatic heterocycles. The zero-order valence-electron chi connectivity index (χ0n) is 11.7. The molecule has 1 aromatic rings. The Bertz CT molecular complexity index is 417. The van der Waals surface area contributed by atoms with Crippen molar-refractivity contribution in [3.63, 3.8) is 0 Å². The van der Waals surface area contributed by atoms with Crippen LogP contribution in [0.5, 0.6) is 0 Å². The molecule has 1 aliphatic rings. The molecule has 0 unspecified atom stereocenters. The summed E-state index contributed by atoms with van der Waals surface area (Å²) < 4.78 is 0.